The molecule has 0 atom stereocenters. The lowest BCUT2D eigenvalue weighted by Crippen LogP contribution is -2.20. The Kier molecular flexibility index (Phi) is 4.67. The number of hydrogen-bond donors (Lipinski definition) is 0. The van der Waals surface area contributed by atoms with Gasteiger partial charge in [0.25, 0.3) is 0 Å². The van der Waals surface area contributed by atoms with Gasteiger partial charge < -0.3 is 8.83 Å². The molecule has 0 unspecified atom stereocenters. The molecule has 0 aliphatic rings. The highest BCUT2D eigenvalue weighted by Gasteiger charge is 2.29. The molecule has 0 fully saturated rings. The van der Waals surface area contributed by atoms with Gasteiger partial charge in [0.15, 0.2) is 0 Å². The molecule has 0 saturated heterocycles. The van der Waals surface area contributed by atoms with Crippen molar-refractivity contribution in [3.63, 3.8) is 0 Å². The lowest BCUT2D eigenvalue weighted by atomic mass is 10.0. The molecule has 2 aromatic heterocycles. The van der Waals surface area contributed by atoms with Crippen LogP contribution in [0.25, 0.3) is 33.1 Å². The summed E-state index contributed by atoms with van der Waals surface area (Å²) in [6.07, 6.45) is 0. The van der Waals surface area contributed by atoms with E-state index in [-0.39, 0.29) is 0 Å². The van der Waals surface area contributed by atoms with Crippen LogP contribution in [0.1, 0.15) is 5.76 Å². The van der Waals surface area contributed by atoms with Crippen molar-refractivity contribution in [3.05, 3.63) is 115 Å². The second-order valence-corrected chi connectivity index (χ2v) is 9.92. The molecule has 6 rings (SSSR count). The first-order chi connectivity index (χ1) is 15.8. The molecule has 0 aliphatic carbocycles. The highest BCUT2D eigenvalue weighted by atomic mass is 31.1. The average molecular weight is 432 g/mol. The number of benzene rings is 4. The maximum absolute atomic E-state index is 6.69. The van der Waals surface area contributed by atoms with Crippen LogP contribution in [0.4, 0.5) is 0 Å². The Bertz CT molecular complexity index is 1490. The third-order valence-electron chi connectivity index (χ3n) is 5.83. The van der Waals surface area contributed by atoms with Crippen molar-refractivity contribution < 1.29 is 8.83 Å². The molecular weight excluding hydrogens is 411 g/mol. The van der Waals surface area contributed by atoms with Crippen LogP contribution in [0.5, 0.6) is 0 Å². The standard InChI is InChI=1S/C29H21O2P/c1-20-27(23-16-8-10-18-25(23)30-20)28-24-17-9-11-19-26(24)31-29(28)32(21-12-4-2-5-13-21)22-14-6-3-7-15-22/h2-19H,1H3. The molecule has 6 aromatic rings. The van der Waals surface area contributed by atoms with Gasteiger partial charge in [-0.15, -0.1) is 0 Å². The number of furan rings is 2. The van der Waals surface area contributed by atoms with E-state index in [0.717, 1.165) is 44.3 Å². The Labute approximate surface area is 187 Å². The first kappa shape index (κ1) is 19.1. The topological polar surface area (TPSA) is 26.3 Å². The first-order valence-corrected chi connectivity index (χ1v) is 12.1. The van der Waals surface area contributed by atoms with E-state index < -0.39 is 7.92 Å². The molecule has 32 heavy (non-hydrogen) atoms. The second kappa shape index (κ2) is 7.82. The second-order valence-electron chi connectivity index (χ2n) is 7.81. The Morgan fingerprint density at radius 2 is 0.969 bits per heavy atom. The Balaban J connectivity index is 1.72. The Hall–Kier alpha value is -3.61. The highest BCUT2D eigenvalue weighted by Crippen LogP contribution is 2.45. The van der Waals surface area contributed by atoms with Crippen LogP contribution >= 0.6 is 7.92 Å². The summed E-state index contributed by atoms with van der Waals surface area (Å²) in [4.78, 5) is 0. The van der Waals surface area contributed by atoms with Gasteiger partial charge in [-0.25, -0.2) is 0 Å². The summed E-state index contributed by atoms with van der Waals surface area (Å²) in [5.74, 6) is 0.912. The van der Waals surface area contributed by atoms with Gasteiger partial charge in [-0.3, -0.25) is 0 Å². The normalized spacial score (nSPS) is 11.6. The van der Waals surface area contributed by atoms with E-state index in [9.17, 15) is 0 Å². The van der Waals surface area contributed by atoms with Crippen molar-refractivity contribution >= 4 is 46.0 Å². The fourth-order valence-electron chi connectivity index (χ4n) is 4.45. The maximum atomic E-state index is 6.69. The first-order valence-electron chi connectivity index (χ1n) is 10.7. The van der Waals surface area contributed by atoms with E-state index in [2.05, 4.69) is 91.0 Å². The number of para-hydroxylation sites is 2. The molecule has 4 aromatic carbocycles. The number of rotatable bonds is 4. The van der Waals surface area contributed by atoms with Gasteiger partial charge in [0.1, 0.15) is 22.4 Å². The van der Waals surface area contributed by atoms with Crippen molar-refractivity contribution in [1.29, 1.82) is 0 Å². The zero-order valence-corrected chi connectivity index (χ0v) is 18.6. The van der Waals surface area contributed by atoms with Crippen molar-refractivity contribution in [3.8, 4) is 11.1 Å². The van der Waals surface area contributed by atoms with Gasteiger partial charge >= 0.3 is 0 Å². The molecule has 2 nitrogen and oxygen atoms in total. The summed E-state index contributed by atoms with van der Waals surface area (Å²) in [6.45, 7) is 2.05. The molecule has 0 radical (unpaired) electrons. The number of hydrogen-bond acceptors (Lipinski definition) is 2. The molecule has 154 valence electrons. The summed E-state index contributed by atoms with van der Waals surface area (Å²) in [6, 6.07) is 38.0. The van der Waals surface area contributed by atoms with E-state index in [0.29, 0.717) is 0 Å². The predicted octanol–water partition coefficient (Wildman–Crippen LogP) is 6.91. The summed E-state index contributed by atoms with van der Waals surface area (Å²) in [5, 5.41) is 4.77. The summed E-state index contributed by atoms with van der Waals surface area (Å²) < 4.78 is 12.9. The zero-order valence-electron chi connectivity index (χ0n) is 17.7. The fraction of sp³-hybridized carbons (Fsp3) is 0.0345. The van der Waals surface area contributed by atoms with Crippen LogP contribution in [0.2, 0.25) is 0 Å². The fourth-order valence-corrected chi connectivity index (χ4v) is 6.80. The minimum atomic E-state index is -0.894. The smallest absolute Gasteiger partial charge is 0.143 e. The van der Waals surface area contributed by atoms with E-state index in [4.69, 9.17) is 8.83 Å². The van der Waals surface area contributed by atoms with E-state index in [1.54, 1.807) is 0 Å². The molecular formula is C29H21O2P. The van der Waals surface area contributed by atoms with Gasteiger partial charge in [-0.1, -0.05) is 97.1 Å². The minimum absolute atomic E-state index is 0.894. The molecule has 0 amide bonds. The molecule has 0 bridgehead atoms. The molecule has 0 aliphatic heterocycles. The third kappa shape index (κ3) is 3.07. The Morgan fingerprint density at radius 1 is 0.500 bits per heavy atom. The summed E-state index contributed by atoms with van der Waals surface area (Å²) in [5.41, 5.74) is 5.08. The van der Waals surface area contributed by atoms with Crippen molar-refractivity contribution in [2.45, 2.75) is 6.92 Å². The summed E-state index contributed by atoms with van der Waals surface area (Å²) >= 11 is 0. The van der Waals surface area contributed by atoms with Gasteiger partial charge in [0, 0.05) is 29.8 Å². The molecule has 0 spiro atoms. The zero-order chi connectivity index (χ0) is 21.5. The predicted molar refractivity (Wildman–Crippen MR) is 135 cm³/mol. The monoisotopic (exact) mass is 432 g/mol. The van der Waals surface area contributed by atoms with E-state index in [1.165, 1.54) is 10.6 Å². The summed E-state index contributed by atoms with van der Waals surface area (Å²) in [7, 11) is -0.894. The molecule has 0 N–H and O–H groups in total. The van der Waals surface area contributed by atoms with Crippen LogP contribution in [-0.4, -0.2) is 0 Å². The third-order valence-corrected chi connectivity index (χ3v) is 8.18. The van der Waals surface area contributed by atoms with Crippen LogP contribution in [0.3, 0.4) is 0 Å². The van der Waals surface area contributed by atoms with Crippen molar-refractivity contribution in [2.24, 2.45) is 0 Å². The van der Waals surface area contributed by atoms with Gasteiger partial charge in [-0.2, -0.15) is 0 Å². The van der Waals surface area contributed by atoms with E-state index >= 15 is 0 Å². The van der Waals surface area contributed by atoms with Crippen LogP contribution in [0.15, 0.2) is 118 Å². The Morgan fingerprint density at radius 3 is 1.56 bits per heavy atom. The lowest BCUT2D eigenvalue weighted by molar-refractivity contribution is 0.580. The van der Waals surface area contributed by atoms with Crippen LogP contribution < -0.4 is 16.1 Å². The SMILES string of the molecule is Cc1oc2ccccc2c1-c1c(P(c2ccccc2)c2ccccc2)oc2ccccc12. The van der Waals surface area contributed by atoms with Gasteiger partial charge in [0.05, 0.1) is 0 Å². The van der Waals surface area contributed by atoms with Crippen molar-refractivity contribution in [2.75, 3.05) is 0 Å². The van der Waals surface area contributed by atoms with Crippen molar-refractivity contribution in [1.82, 2.24) is 0 Å². The van der Waals surface area contributed by atoms with Crippen LogP contribution in [0, 0.1) is 6.92 Å². The molecule has 2 heterocycles. The number of fused-ring (bicyclic) bond motifs is 2. The lowest BCUT2D eigenvalue weighted by Gasteiger charge is -2.18. The quantitative estimate of drug-likeness (QED) is 0.283. The largest absolute Gasteiger partial charge is 0.461 e. The van der Waals surface area contributed by atoms with Gasteiger partial charge in [0.2, 0.25) is 0 Å². The van der Waals surface area contributed by atoms with Crippen LogP contribution in [-0.2, 0) is 0 Å². The van der Waals surface area contributed by atoms with Gasteiger partial charge in [-0.05, 0) is 29.7 Å². The molecule has 3 heteroatoms. The maximum Gasteiger partial charge on any atom is 0.143 e. The van der Waals surface area contributed by atoms with E-state index in [1.807, 2.05) is 25.1 Å². The average Bonchev–Trinajstić information content (AvgIpc) is 3.37. The molecule has 0 saturated carbocycles. The number of aryl methyl sites for hydroxylation is 1. The minimum Gasteiger partial charge on any atom is -0.461 e. The highest BCUT2D eigenvalue weighted by molar-refractivity contribution is 7.79.